The molecular formula is C28H33N7O4. The zero-order valence-electron chi connectivity index (χ0n) is 22.7. The monoisotopic (exact) mass is 531 g/mol. The number of urea groups is 1. The summed E-state index contributed by atoms with van der Waals surface area (Å²) in [6, 6.07) is 6.41. The molecule has 0 aliphatic carbocycles. The van der Waals surface area contributed by atoms with Gasteiger partial charge in [-0.05, 0) is 50.6 Å². The van der Waals surface area contributed by atoms with Crippen molar-refractivity contribution in [3.8, 4) is 0 Å². The third kappa shape index (κ3) is 5.44. The van der Waals surface area contributed by atoms with E-state index in [9.17, 15) is 14.4 Å². The van der Waals surface area contributed by atoms with Crippen LogP contribution in [-0.2, 0) is 15.0 Å². The van der Waals surface area contributed by atoms with Gasteiger partial charge in [-0.25, -0.2) is 4.79 Å². The smallest absolute Gasteiger partial charge is 0.324 e. The van der Waals surface area contributed by atoms with E-state index in [1.807, 2.05) is 34.6 Å². The van der Waals surface area contributed by atoms with E-state index >= 15 is 0 Å². The van der Waals surface area contributed by atoms with Crippen molar-refractivity contribution >= 4 is 52.4 Å². The van der Waals surface area contributed by atoms with E-state index in [1.165, 1.54) is 0 Å². The van der Waals surface area contributed by atoms with E-state index in [-0.39, 0.29) is 23.1 Å². The first-order valence-electron chi connectivity index (χ1n) is 12.9. The Balaban J connectivity index is 1.30. The van der Waals surface area contributed by atoms with Gasteiger partial charge in [-0.3, -0.25) is 14.9 Å². The van der Waals surface area contributed by atoms with Crippen molar-refractivity contribution in [2.24, 2.45) is 5.92 Å². The van der Waals surface area contributed by atoms with E-state index < -0.39 is 6.03 Å². The number of aromatic amines is 1. The summed E-state index contributed by atoms with van der Waals surface area (Å²) in [6.45, 7) is 11.3. The molecule has 0 spiro atoms. The van der Waals surface area contributed by atoms with Crippen molar-refractivity contribution in [1.82, 2.24) is 15.5 Å². The highest BCUT2D eigenvalue weighted by Gasteiger charge is 2.27. The lowest BCUT2D eigenvalue weighted by Gasteiger charge is -2.12. The number of carbonyl (C=O) groups is 3. The summed E-state index contributed by atoms with van der Waals surface area (Å²) in [5.41, 5.74) is 5.23. The molecule has 204 valence electrons. The Labute approximate surface area is 226 Å². The fourth-order valence-electron chi connectivity index (χ4n) is 4.74. The Kier molecular flexibility index (Phi) is 6.77. The van der Waals surface area contributed by atoms with Crippen molar-refractivity contribution in [2.75, 3.05) is 34.4 Å². The molecule has 1 unspecified atom stereocenters. The van der Waals surface area contributed by atoms with E-state index in [4.69, 9.17) is 4.52 Å². The van der Waals surface area contributed by atoms with E-state index in [2.05, 4.69) is 36.7 Å². The molecule has 39 heavy (non-hydrogen) atoms. The molecule has 3 aromatic rings. The van der Waals surface area contributed by atoms with Crippen LogP contribution in [0, 0.1) is 19.8 Å². The van der Waals surface area contributed by atoms with Crippen molar-refractivity contribution in [3.63, 3.8) is 0 Å². The highest BCUT2D eigenvalue weighted by molar-refractivity contribution is 6.35. The molecule has 4 heterocycles. The number of nitrogens with one attached hydrogen (secondary N) is 6. The fraction of sp³-hybridized carbons (Fsp3) is 0.357. The van der Waals surface area contributed by atoms with Crippen LogP contribution in [-0.4, -0.2) is 41.1 Å². The van der Waals surface area contributed by atoms with Crippen LogP contribution in [0.15, 0.2) is 28.8 Å². The first-order valence-corrected chi connectivity index (χ1v) is 12.9. The van der Waals surface area contributed by atoms with Crippen LogP contribution in [0.4, 0.5) is 27.7 Å². The minimum Gasteiger partial charge on any atom is -0.359 e. The summed E-state index contributed by atoms with van der Waals surface area (Å²) in [5, 5.41) is 18.4. The summed E-state index contributed by atoms with van der Waals surface area (Å²) in [5.74, 6) is 0.665. The summed E-state index contributed by atoms with van der Waals surface area (Å²) in [7, 11) is 0. The van der Waals surface area contributed by atoms with Gasteiger partial charge < -0.3 is 30.8 Å². The van der Waals surface area contributed by atoms with Gasteiger partial charge >= 0.3 is 6.03 Å². The van der Waals surface area contributed by atoms with Crippen molar-refractivity contribution in [3.05, 3.63) is 52.5 Å². The normalized spacial score (nSPS) is 17.7. The molecular weight excluding hydrogens is 498 g/mol. The zero-order chi connectivity index (χ0) is 27.9. The molecule has 4 amide bonds. The number of fused-ring (bicyclic) bond motifs is 1. The number of aryl methyl sites for hydroxylation is 1. The summed E-state index contributed by atoms with van der Waals surface area (Å²) in [6.07, 6.45) is 2.60. The first kappa shape index (κ1) is 26.2. The summed E-state index contributed by atoms with van der Waals surface area (Å²) in [4.78, 5) is 41.3. The van der Waals surface area contributed by atoms with Gasteiger partial charge in [-0.1, -0.05) is 32.0 Å². The number of anilines is 4. The van der Waals surface area contributed by atoms with Crippen LogP contribution in [0.1, 0.15) is 55.5 Å². The maximum atomic E-state index is 12.9. The Morgan fingerprint density at radius 1 is 1.13 bits per heavy atom. The largest absolute Gasteiger partial charge is 0.359 e. The number of carbonyl (C=O) groups excluding carboxylic acids is 3. The summed E-state index contributed by atoms with van der Waals surface area (Å²) >= 11 is 0. The predicted molar refractivity (Wildman–Crippen MR) is 151 cm³/mol. The number of hydrogen-bond acceptors (Lipinski definition) is 6. The zero-order valence-corrected chi connectivity index (χ0v) is 22.7. The Morgan fingerprint density at radius 3 is 2.62 bits per heavy atom. The predicted octanol–water partition coefficient (Wildman–Crippen LogP) is 4.60. The molecule has 0 bridgehead atoms. The van der Waals surface area contributed by atoms with Crippen molar-refractivity contribution in [2.45, 2.75) is 46.5 Å². The van der Waals surface area contributed by atoms with Gasteiger partial charge in [0.25, 0.3) is 5.91 Å². The third-order valence-corrected chi connectivity index (χ3v) is 7.00. The molecule has 1 fully saturated rings. The second-order valence-corrected chi connectivity index (χ2v) is 11.0. The molecule has 2 aromatic heterocycles. The molecule has 1 aromatic carbocycles. The van der Waals surface area contributed by atoms with Crippen molar-refractivity contribution in [1.29, 1.82) is 0 Å². The van der Waals surface area contributed by atoms with Crippen molar-refractivity contribution < 1.29 is 18.9 Å². The highest BCUT2D eigenvalue weighted by atomic mass is 16.5. The van der Waals surface area contributed by atoms with Gasteiger partial charge in [0.05, 0.1) is 22.9 Å². The van der Waals surface area contributed by atoms with E-state index in [0.29, 0.717) is 40.6 Å². The molecule has 0 saturated carbocycles. The number of H-pyrrole nitrogens is 1. The van der Waals surface area contributed by atoms with Gasteiger partial charge in [0.15, 0.2) is 5.82 Å². The highest BCUT2D eigenvalue weighted by Crippen LogP contribution is 2.36. The second-order valence-electron chi connectivity index (χ2n) is 11.0. The van der Waals surface area contributed by atoms with E-state index in [0.717, 1.165) is 35.6 Å². The maximum absolute atomic E-state index is 12.9. The molecule has 11 nitrogen and oxygen atoms in total. The number of hydrogen-bond donors (Lipinski definition) is 6. The third-order valence-electron chi connectivity index (χ3n) is 7.00. The molecule has 1 saturated heterocycles. The number of aromatic nitrogens is 2. The minimum atomic E-state index is -0.482. The first-order chi connectivity index (χ1) is 18.5. The Morgan fingerprint density at radius 2 is 1.92 bits per heavy atom. The van der Waals surface area contributed by atoms with Gasteiger partial charge in [-0.2, -0.15) is 0 Å². The van der Waals surface area contributed by atoms with Crippen LogP contribution in [0.5, 0.6) is 0 Å². The van der Waals surface area contributed by atoms with Gasteiger partial charge in [0.2, 0.25) is 5.91 Å². The topological polar surface area (TPSA) is 153 Å². The van der Waals surface area contributed by atoms with Crippen LogP contribution in [0.25, 0.3) is 11.6 Å². The average molecular weight is 532 g/mol. The fourth-order valence-corrected chi connectivity index (χ4v) is 4.74. The molecule has 5 rings (SSSR count). The molecule has 1 atom stereocenters. The Bertz CT molecular complexity index is 1490. The standard InChI is InChI=1S/C28H33N7O4/c1-14-20(30-15(2)24(14)34-25(36)16-8-9-29-13-16)11-19-18-7-6-17(10-21(18)32-26(19)37)31-27(38)33-23-12-22(39-35-23)28(3,4)5/h6-7,10-12,16,29-30H,8-9,13H2,1-5H3,(H,32,37)(H,34,36)(H2,31,33,35,38). The number of amides is 4. The van der Waals surface area contributed by atoms with Crippen LogP contribution < -0.4 is 26.6 Å². The quantitative estimate of drug-likeness (QED) is 0.265. The maximum Gasteiger partial charge on any atom is 0.324 e. The molecule has 2 aliphatic heterocycles. The van der Waals surface area contributed by atoms with Crippen LogP contribution >= 0.6 is 0 Å². The van der Waals surface area contributed by atoms with Crippen LogP contribution in [0.3, 0.4) is 0 Å². The number of benzene rings is 1. The molecule has 6 N–H and O–H groups in total. The molecule has 0 radical (unpaired) electrons. The number of rotatable bonds is 5. The lowest BCUT2D eigenvalue weighted by Crippen LogP contribution is -2.25. The lowest BCUT2D eigenvalue weighted by atomic mass is 9.93. The minimum absolute atomic E-state index is 0.00406. The van der Waals surface area contributed by atoms with Gasteiger partial charge in [0, 0.05) is 40.7 Å². The second kappa shape index (κ2) is 10.1. The van der Waals surface area contributed by atoms with E-state index in [1.54, 1.807) is 30.3 Å². The lowest BCUT2D eigenvalue weighted by molar-refractivity contribution is -0.119. The summed E-state index contributed by atoms with van der Waals surface area (Å²) < 4.78 is 5.30. The average Bonchev–Trinajstić information content (AvgIpc) is 3.65. The molecule has 2 aliphatic rings. The molecule has 11 heteroatoms. The Hall–Kier alpha value is -4.38. The van der Waals surface area contributed by atoms with Crippen LogP contribution in [0.2, 0.25) is 0 Å². The van der Waals surface area contributed by atoms with Gasteiger partial charge in [0.1, 0.15) is 5.76 Å². The SMILES string of the molecule is Cc1[nH]c(C=C2C(=O)Nc3cc(NC(=O)Nc4cc(C(C)(C)C)on4)ccc32)c(C)c1NC(=O)C1CCNC1. The van der Waals surface area contributed by atoms with Gasteiger partial charge in [-0.15, -0.1) is 0 Å². The number of nitrogens with zero attached hydrogens (tertiary/aromatic N) is 1.